The lowest BCUT2D eigenvalue weighted by Crippen LogP contribution is -2.07. The number of aryl methyl sites for hydroxylation is 2. The summed E-state index contributed by atoms with van der Waals surface area (Å²) in [4.78, 5) is 12.2. The van der Waals surface area contributed by atoms with E-state index in [2.05, 4.69) is 5.32 Å². The summed E-state index contributed by atoms with van der Waals surface area (Å²) in [6.07, 6.45) is 7.74. The Hall–Kier alpha value is -2.52. The predicted molar refractivity (Wildman–Crippen MR) is 102 cm³/mol. The molecule has 0 saturated carbocycles. The highest BCUT2D eigenvalue weighted by atomic mass is 35.5. The molecular weight excluding hydrogens is 334 g/mol. The van der Waals surface area contributed by atoms with E-state index >= 15 is 0 Å². The molecule has 1 aliphatic rings. The minimum atomic E-state index is -0.160. The van der Waals surface area contributed by atoms with E-state index in [4.69, 9.17) is 16.0 Å². The Bertz CT molecular complexity index is 954. The van der Waals surface area contributed by atoms with Crippen LogP contribution in [0.4, 0.5) is 5.69 Å². The quantitative estimate of drug-likeness (QED) is 0.622. The number of anilines is 1. The van der Waals surface area contributed by atoms with Crippen LogP contribution < -0.4 is 5.32 Å². The summed E-state index contributed by atoms with van der Waals surface area (Å²) in [5.74, 6) is 0.944. The van der Waals surface area contributed by atoms with Crippen molar-refractivity contribution in [1.82, 2.24) is 0 Å². The Balaban J connectivity index is 1.51. The largest absolute Gasteiger partial charge is 0.461 e. The van der Waals surface area contributed by atoms with Crippen molar-refractivity contribution in [3.05, 3.63) is 70.5 Å². The van der Waals surface area contributed by atoms with Crippen molar-refractivity contribution in [3.8, 4) is 0 Å². The molecule has 25 heavy (non-hydrogen) atoms. The second-order valence-corrected chi connectivity index (χ2v) is 6.73. The van der Waals surface area contributed by atoms with Crippen LogP contribution in [0.5, 0.6) is 0 Å². The average molecular weight is 352 g/mol. The van der Waals surface area contributed by atoms with Crippen molar-refractivity contribution in [2.24, 2.45) is 0 Å². The molecule has 3 aromatic rings. The molecule has 0 saturated heterocycles. The fourth-order valence-corrected chi connectivity index (χ4v) is 3.40. The maximum Gasteiger partial charge on any atom is 0.248 e. The molecule has 1 aliphatic carbocycles. The van der Waals surface area contributed by atoms with Gasteiger partial charge in [0.2, 0.25) is 5.91 Å². The minimum absolute atomic E-state index is 0.160. The molecule has 1 aromatic heterocycles. The normalized spacial score (nSPS) is 14.0. The maximum absolute atomic E-state index is 12.2. The monoisotopic (exact) mass is 351 g/mol. The van der Waals surface area contributed by atoms with E-state index in [1.54, 1.807) is 18.2 Å². The third-order valence-corrected chi connectivity index (χ3v) is 4.77. The molecule has 4 rings (SSSR count). The molecule has 3 nitrogen and oxygen atoms in total. The van der Waals surface area contributed by atoms with Crippen molar-refractivity contribution < 1.29 is 9.21 Å². The van der Waals surface area contributed by atoms with Gasteiger partial charge in [-0.15, -0.1) is 0 Å². The van der Waals surface area contributed by atoms with E-state index in [-0.39, 0.29) is 5.91 Å². The van der Waals surface area contributed by atoms with Gasteiger partial charge >= 0.3 is 0 Å². The first-order valence-electron chi connectivity index (χ1n) is 8.48. The molecule has 0 fully saturated rings. The number of carbonyl (C=O) groups is 1. The molecule has 0 radical (unpaired) electrons. The number of nitrogens with one attached hydrogen (secondary N) is 1. The second kappa shape index (κ2) is 6.77. The molecule has 0 spiro atoms. The Morgan fingerprint density at radius 1 is 1.08 bits per heavy atom. The van der Waals surface area contributed by atoms with Crippen molar-refractivity contribution in [1.29, 1.82) is 0 Å². The minimum Gasteiger partial charge on any atom is -0.461 e. The fraction of sp³-hybridized carbons (Fsp3) is 0.190. The zero-order valence-corrected chi connectivity index (χ0v) is 14.5. The van der Waals surface area contributed by atoms with Crippen LogP contribution in [0.2, 0.25) is 5.02 Å². The Morgan fingerprint density at radius 2 is 1.88 bits per heavy atom. The topological polar surface area (TPSA) is 42.2 Å². The van der Waals surface area contributed by atoms with E-state index in [0.717, 1.165) is 40.8 Å². The first-order chi connectivity index (χ1) is 12.2. The van der Waals surface area contributed by atoms with Gasteiger partial charge in [-0.3, -0.25) is 4.79 Å². The highest BCUT2D eigenvalue weighted by Gasteiger charge is 2.17. The smallest absolute Gasteiger partial charge is 0.248 e. The lowest BCUT2D eigenvalue weighted by Gasteiger charge is -2.08. The Morgan fingerprint density at radius 3 is 2.72 bits per heavy atom. The summed E-state index contributed by atoms with van der Waals surface area (Å²) >= 11 is 5.86. The third kappa shape index (κ3) is 3.47. The lowest BCUT2D eigenvalue weighted by molar-refractivity contribution is -0.111. The molecule has 1 N–H and O–H groups in total. The van der Waals surface area contributed by atoms with Crippen molar-refractivity contribution in [2.45, 2.75) is 25.7 Å². The molecule has 1 heterocycles. The van der Waals surface area contributed by atoms with Crippen molar-refractivity contribution in [2.75, 3.05) is 5.32 Å². The van der Waals surface area contributed by atoms with Gasteiger partial charge in [-0.2, -0.15) is 0 Å². The van der Waals surface area contributed by atoms with Crippen LogP contribution in [-0.4, -0.2) is 5.91 Å². The van der Waals surface area contributed by atoms with Crippen LogP contribution in [0.15, 0.2) is 53.0 Å². The van der Waals surface area contributed by atoms with Crippen LogP contribution in [0.1, 0.15) is 29.7 Å². The molecule has 4 heteroatoms. The summed E-state index contributed by atoms with van der Waals surface area (Å²) in [5.41, 5.74) is 3.92. The van der Waals surface area contributed by atoms with Gasteiger partial charge in [0, 0.05) is 34.2 Å². The zero-order valence-electron chi connectivity index (χ0n) is 13.7. The van der Waals surface area contributed by atoms with Gasteiger partial charge in [-0.25, -0.2) is 0 Å². The highest BCUT2D eigenvalue weighted by molar-refractivity contribution is 6.30. The Kier molecular flexibility index (Phi) is 4.33. The molecule has 1 amide bonds. The number of halogens is 1. The molecule has 2 aromatic carbocycles. The summed E-state index contributed by atoms with van der Waals surface area (Å²) in [7, 11) is 0. The number of rotatable bonds is 3. The number of furan rings is 1. The van der Waals surface area contributed by atoms with Crippen LogP contribution in [0.25, 0.3) is 17.0 Å². The number of benzene rings is 2. The van der Waals surface area contributed by atoms with E-state index < -0.39 is 0 Å². The highest BCUT2D eigenvalue weighted by Crippen LogP contribution is 2.33. The van der Waals surface area contributed by atoms with E-state index in [1.807, 2.05) is 30.3 Å². The van der Waals surface area contributed by atoms with Gasteiger partial charge in [0.25, 0.3) is 0 Å². The summed E-state index contributed by atoms with van der Waals surface area (Å²) in [6.45, 7) is 0. The molecular formula is C21H18ClNO2. The average Bonchev–Trinajstić information content (AvgIpc) is 2.99. The van der Waals surface area contributed by atoms with E-state index in [9.17, 15) is 4.79 Å². The summed E-state index contributed by atoms with van der Waals surface area (Å²) < 4.78 is 5.93. The standard InChI is InChI=1S/C21H18ClNO2/c22-15-8-5-14(6-9-15)7-12-21(24)23-16-10-11-20-18(13-16)17-3-1-2-4-19(17)25-20/h5-13H,1-4H2,(H,23,24). The first-order valence-corrected chi connectivity index (χ1v) is 8.86. The predicted octanol–water partition coefficient (Wildman–Crippen LogP) is 5.62. The summed E-state index contributed by atoms with van der Waals surface area (Å²) in [5, 5.41) is 4.72. The van der Waals surface area contributed by atoms with Gasteiger partial charge in [-0.05, 0) is 61.2 Å². The Labute approximate surface area is 151 Å². The third-order valence-electron chi connectivity index (χ3n) is 4.52. The zero-order chi connectivity index (χ0) is 17.2. The number of amides is 1. The van der Waals surface area contributed by atoms with E-state index in [0.29, 0.717) is 5.02 Å². The van der Waals surface area contributed by atoms with Gasteiger partial charge < -0.3 is 9.73 Å². The number of fused-ring (bicyclic) bond motifs is 3. The molecule has 0 unspecified atom stereocenters. The lowest BCUT2D eigenvalue weighted by atomic mass is 9.96. The molecule has 0 atom stereocenters. The first kappa shape index (κ1) is 16.0. The van der Waals surface area contributed by atoms with Gasteiger partial charge in [-0.1, -0.05) is 23.7 Å². The van der Waals surface area contributed by atoms with E-state index in [1.165, 1.54) is 24.5 Å². The molecule has 0 aliphatic heterocycles. The van der Waals surface area contributed by atoms with Gasteiger partial charge in [0.15, 0.2) is 0 Å². The van der Waals surface area contributed by atoms with Gasteiger partial charge in [0.1, 0.15) is 11.3 Å². The number of carbonyl (C=O) groups excluding carboxylic acids is 1. The summed E-state index contributed by atoms with van der Waals surface area (Å²) in [6, 6.07) is 13.2. The van der Waals surface area contributed by atoms with Crippen LogP contribution in [0, 0.1) is 0 Å². The van der Waals surface area contributed by atoms with Crippen LogP contribution >= 0.6 is 11.6 Å². The number of hydrogen-bond donors (Lipinski definition) is 1. The van der Waals surface area contributed by atoms with Crippen LogP contribution in [0.3, 0.4) is 0 Å². The maximum atomic E-state index is 12.2. The van der Waals surface area contributed by atoms with Crippen molar-refractivity contribution in [3.63, 3.8) is 0 Å². The fourth-order valence-electron chi connectivity index (χ4n) is 3.27. The molecule has 0 bridgehead atoms. The molecule has 126 valence electrons. The number of hydrogen-bond acceptors (Lipinski definition) is 2. The van der Waals surface area contributed by atoms with Crippen molar-refractivity contribution >= 4 is 40.2 Å². The van der Waals surface area contributed by atoms with Gasteiger partial charge in [0.05, 0.1) is 0 Å². The second-order valence-electron chi connectivity index (χ2n) is 6.30. The van der Waals surface area contributed by atoms with Crippen LogP contribution in [-0.2, 0) is 17.6 Å². The SMILES string of the molecule is O=C(C=Cc1ccc(Cl)cc1)Nc1ccc2oc3c(c2c1)CCCC3.